The van der Waals surface area contributed by atoms with E-state index in [1.165, 1.54) is 6.33 Å². The summed E-state index contributed by atoms with van der Waals surface area (Å²) in [6.45, 7) is 0.600. The summed E-state index contributed by atoms with van der Waals surface area (Å²) < 4.78 is 0. The second-order valence-electron chi connectivity index (χ2n) is 5.24. The maximum Gasteiger partial charge on any atom is 0.274 e. The molecule has 0 bridgehead atoms. The van der Waals surface area contributed by atoms with Crippen LogP contribution >= 0.6 is 23.2 Å². The number of hydrogen-bond donors (Lipinski definition) is 2. The molecular formula is C18H14Cl2N4O. The first-order valence-electron chi connectivity index (χ1n) is 7.47. The zero-order valence-electron chi connectivity index (χ0n) is 13.0. The number of hydrogen-bond acceptors (Lipinski definition) is 4. The highest BCUT2D eigenvalue weighted by atomic mass is 35.5. The van der Waals surface area contributed by atoms with Gasteiger partial charge in [0.05, 0.1) is 0 Å². The maximum absolute atomic E-state index is 12.3. The quantitative estimate of drug-likeness (QED) is 0.683. The number of rotatable bonds is 5. The third-order valence-corrected chi connectivity index (χ3v) is 3.77. The molecule has 0 radical (unpaired) electrons. The molecule has 2 aromatic carbocycles. The lowest BCUT2D eigenvalue weighted by molar-refractivity contribution is 0.102. The summed E-state index contributed by atoms with van der Waals surface area (Å²) in [5.41, 5.74) is 1.85. The summed E-state index contributed by atoms with van der Waals surface area (Å²) in [5.74, 6) is 0.191. The van der Waals surface area contributed by atoms with E-state index < -0.39 is 0 Å². The minimum absolute atomic E-state index is 0.238. The van der Waals surface area contributed by atoms with Crippen molar-refractivity contribution in [2.75, 3.05) is 10.6 Å². The zero-order valence-corrected chi connectivity index (χ0v) is 14.6. The van der Waals surface area contributed by atoms with Gasteiger partial charge in [0.2, 0.25) is 0 Å². The standard InChI is InChI=1S/C18H14Cl2N4O/c19-13-6-14(20)8-15(7-13)24-18(25)16-9-17(23-11-22-16)21-10-12-4-2-1-3-5-12/h1-9,11H,10H2,(H,24,25)(H,21,22,23). The molecule has 1 heterocycles. The molecule has 1 amide bonds. The molecule has 126 valence electrons. The average Bonchev–Trinajstić information content (AvgIpc) is 2.60. The first-order valence-corrected chi connectivity index (χ1v) is 8.23. The van der Waals surface area contributed by atoms with Crippen molar-refractivity contribution in [3.05, 3.63) is 82.2 Å². The van der Waals surface area contributed by atoms with E-state index in [1.54, 1.807) is 24.3 Å². The van der Waals surface area contributed by atoms with Crippen molar-refractivity contribution in [2.45, 2.75) is 6.54 Å². The Morgan fingerprint density at radius 3 is 2.40 bits per heavy atom. The molecule has 0 saturated carbocycles. The van der Waals surface area contributed by atoms with E-state index in [0.29, 0.717) is 28.1 Å². The Hall–Kier alpha value is -2.63. The number of nitrogens with zero attached hydrogens (tertiary/aromatic N) is 2. The van der Waals surface area contributed by atoms with E-state index in [0.717, 1.165) is 5.56 Å². The van der Waals surface area contributed by atoms with Gasteiger partial charge in [-0.05, 0) is 23.8 Å². The highest BCUT2D eigenvalue weighted by Gasteiger charge is 2.10. The van der Waals surface area contributed by atoms with Crippen LogP contribution in [0.3, 0.4) is 0 Å². The van der Waals surface area contributed by atoms with Crippen LogP contribution in [0.5, 0.6) is 0 Å². The van der Waals surface area contributed by atoms with E-state index >= 15 is 0 Å². The normalized spacial score (nSPS) is 10.3. The monoisotopic (exact) mass is 372 g/mol. The van der Waals surface area contributed by atoms with Gasteiger partial charge in [-0.25, -0.2) is 9.97 Å². The first kappa shape index (κ1) is 17.2. The molecule has 0 saturated heterocycles. The van der Waals surface area contributed by atoms with Crippen LogP contribution < -0.4 is 10.6 Å². The Labute approximate surface area is 155 Å². The summed E-state index contributed by atoms with van der Waals surface area (Å²) in [4.78, 5) is 20.5. The van der Waals surface area contributed by atoms with Gasteiger partial charge in [-0.1, -0.05) is 53.5 Å². The van der Waals surface area contributed by atoms with Crippen LogP contribution in [0.15, 0.2) is 60.9 Å². The lowest BCUT2D eigenvalue weighted by Gasteiger charge is -2.08. The second kappa shape index (κ2) is 7.96. The number of halogens is 2. The fourth-order valence-corrected chi connectivity index (χ4v) is 2.71. The third-order valence-electron chi connectivity index (χ3n) is 3.34. The SMILES string of the molecule is O=C(Nc1cc(Cl)cc(Cl)c1)c1cc(NCc2ccccc2)ncn1. The van der Waals surface area contributed by atoms with Crippen molar-refractivity contribution < 1.29 is 4.79 Å². The van der Waals surface area contributed by atoms with Crippen molar-refractivity contribution in [1.82, 2.24) is 9.97 Å². The molecule has 1 aromatic heterocycles. The molecule has 0 unspecified atom stereocenters. The third kappa shape index (κ3) is 4.92. The summed E-state index contributed by atoms with van der Waals surface area (Å²) in [6.07, 6.45) is 1.34. The Kier molecular flexibility index (Phi) is 5.48. The smallest absolute Gasteiger partial charge is 0.274 e. The summed E-state index contributed by atoms with van der Waals surface area (Å²) in [5, 5.41) is 6.76. The summed E-state index contributed by atoms with van der Waals surface area (Å²) >= 11 is 11.9. The van der Waals surface area contributed by atoms with Crippen molar-refractivity contribution >= 4 is 40.6 Å². The average molecular weight is 373 g/mol. The van der Waals surface area contributed by atoms with Gasteiger partial charge in [0.15, 0.2) is 0 Å². The minimum atomic E-state index is -0.372. The molecule has 0 aliphatic heterocycles. The van der Waals surface area contributed by atoms with Gasteiger partial charge in [-0.15, -0.1) is 0 Å². The summed E-state index contributed by atoms with van der Waals surface area (Å²) in [6, 6.07) is 16.3. The number of carbonyl (C=O) groups excluding carboxylic acids is 1. The van der Waals surface area contributed by atoms with Crippen LogP contribution in [0.2, 0.25) is 10.0 Å². The van der Waals surface area contributed by atoms with Crippen LogP contribution in [0.4, 0.5) is 11.5 Å². The van der Waals surface area contributed by atoms with E-state index in [4.69, 9.17) is 23.2 Å². The first-order chi connectivity index (χ1) is 12.1. The number of carbonyl (C=O) groups is 1. The molecule has 0 aliphatic rings. The molecule has 0 aliphatic carbocycles. The highest BCUT2D eigenvalue weighted by Crippen LogP contribution is 2.22. The number of anilines is 2. The fraction of sp³-hybridized carbons (Fsp3) is 0.0556. The molecule has 3 rings (SSSR count). The van der Waals surface area contributed by atoms with Gasteiger partial charge in [0.1, 0.15) is 17.8 Å². The van der Waals surface area contributed by atoms with Crippen LogP contribution in [-0.2, 0) is 6.54 Å². The van der Waals surface area contributed by atoms with Crippen molar-refractivity contribution in [1.29, 1.82) is 0 Å². The van der Waals surface area contributed by atoms with Crippen molar-refractivity contribution in [3.8, 4) is 0 Å². The zero-order chi connectivity index (χ0) is 17.6. The van der Waals surface area contributed by atoms with E-state index in [9.17, 15) is 4.79 Å². The van der Waals surface area contributed by atoms with Gasteiger partial charge in [-0.3, -0.25) is 4.79 Å². The fourth-order valence-electron chi connectivity index (χ4n) is 2.19. The Bertz CT molecular complexity index is 867. The second-order valence-corrected chi connectivity index (χ2v) is 6.11. The molecule has 2 N–H and O–H groups in total. The van der Waals surface area contributed by atoms with Crippen molar-refractivity contribution in [3.63, 3.8) is 0 Å². The van der Waals surface area contributed by atoms with Gasteiger partial charge in [0, 0.05) is 28.3 Å². The lowest BCUT2D eigenvalue weighted by atomic mass is 10.2. The van der Waals surface area contributed by atoms with Crippen LogP contribution in [0, 0.1) is 0 Å². The number of nitrogens with one attached hydrogen (secondary N) is 2. The minimum Gasteiger partial charge on any atom is -0.366 e. The van der Waals surface area contributed by atoms with Gasteiger partial charge in [-0.2, -0.15) is 0 Å². The number of benzene rings is 2. The molecule has 25 heavy (non-hydrogen) atoms. The topological polar surface area (TPSA) is 66.9 Å². The van der Waals surface area contributed by atoms with Crippen molar-refractivity contribution in [2.24, 2.45) is 0 Å². The van der Waals surface area contributed by atoms with Gasteiger partial charge >= 0.3 is 0 Å². The molecular weight excluding hydrogens is 359 g/mol. The Balaban J connectivity index is 1.68. The van der Waals surface area contributed by atoms with Crippen LogP contribution in [-0.4, -0.2) is 15.9 Å². The van der Waals surface area contributed by atoms with Gasteiger partial charge in [0.25, 0.3) is 5.91 Å². The number of aromatic nitrogens is 2. The van der Waals surface area contributed by atoms with E-state index in [2.05, 4.69) is 20.6 Å². The van der Waals surface area contributed by atoms with E-state index in [-0.39, 0.29) is 11.6 Å². The maximum atomic E-state index is 12.3. The molecule has 0 spiro atoms. The van der Waals surface area contributed by atoms with E-state index in [1.807, 2.05) is 30.3 Å². The van der Waals surface area contributed by atoms with Gasteiger partial charge < -0.3 is 10.6 Å². The molecule has 7 heteroatoms. The predicted molar refractivity (Wildman–Crippen MR) is 100 cm³/mol. The molecule has 5 nitrogen and oxygen atoms in total. The molecule has 0 atom stereocenters. The lowest BCUT2D eigenvalue weighted by Crippen LogP contribution is -2.14. The molecule has 3 aromatic rings. The number of amides is 1. The van der Waals surface area contributed by atoms with Crippen LogP contribution in [0.25, 0.3) is 0 Å². The Morgan fingerprint density at radius 2 is 1.68 bits per heavy atom. The molecule has 0 fully saturated rings. The highest BCUT2D eigenvalue weighted by molar-refractivity contribution is 6.35. The largest absolute Gasteiger partial charge is 0.366 e. The summed E-state index contributed by atoms with van der Waals surface area (Å²) in [7, 11) is 0. The predicted octanol–water partition coefficient (Wildman–Crippen LogP) is 4.65. The Morgan fingerprint density at radius 1 is 0.960 bits per heavy atom. The van der Waals surface area contributed by atoms with Crippen LogP contribution in [0.1, 0.15) is 16.1 Å².